The van der Waals surface area contributed by atoms with E-state index in [1.54, 1.807) is 17.2 Å². The van der Waals surface area contributed by atoms with Gasteiger partial charge in [-0.3, -0.25) is 9.59 Å². The Kier molecular flexibility index (Phi) is 4.07. The van der Waals surface area contributed by atoms with Crippen molar-refractivity contribution in [3.63, 3.8) is 0 Å². The van der Waals surface area contributed by atoms with E-state index < -0.39 is 11.9 Å². The van der Waals surface area contributed by atoms with Crippen LogP contribution >= 0.6 is 0 Å². The number of carbonyl (C=O) groups excluding carboxylic acids is 2. The lowest BCUT2D eigenvalue weighted by atomic mass is 9.97. The van der Waals surface area contributed by atoms with Crippen LogP contribution in [-0.4, -0.2) is 45.4 Å². The van der Waals surface area contributed by atoms with Crippen molar-refractivity contribution in [2.75, 3.05) is 13.1 Å². The lowest BCUT2D eigenvalue weighted by Gasteiger charge is -2.31. The summed E-state index contributed by atoms with van der Waals surface area (Å²) in [6.07, 6.45) is 2.98. The van der Waals surface area contributed by atoms with Crippen LogP contribution in [0.3, 0.4) is 0 Å². The zero-order valence-corrected chi connectivity index (χ0v) is 11.0. The zero-order valence-electron chi connectivity index (χ0n) is 11.0. The Morgan fingerprint density at radius 3 is 2.80 bits per heavy atom. The molecular weight excluding hydrogens is 262 g/mol. The second-order valence-corrected chi connectivity index (χ2v) is 4.91. The molecule has 0 aromatic carbocycles. The highest BCUT2D eigenvalue weighted by Crippen LogP contribution is 2.16. The minimum atomic E-state index is -1.07. The minimum absolute atomic E-state index is 0.0416. The molecule has 0 spiro atoms. The highest BCUT2D eigenvalue weighted by molar-refractivity contribution is 5.87. The summed E-state index contributed by atoms with van der Waals surface area (Å²) in [7, 11) is 0. The number of carboxylic acids is 1. The first-order chi connectivity index (χ1) is 9.49. The predicted octanol–water partition coefficient (Wildman–Crippen LogP) is -0.0898. The van der Waals surface area contributed by atoms with Gasteiger partial charge in [-0.1, -0.05) is 0 Å². The van der Waals surface area contributed by atoms with Crippen LogP contribution < -0.4 is 5.73 Å². The van der Waals surface area contributed by atoms with Crippen molar-refractivity contribution in [1.82, 2.24) is 9.47 Å². The van der Waals surface area contributed by atoms with Crippen molar-refractivity contribution in [2.45, 2.75) is 19.4 Å². The fraction of sp³-hybridized carbons (Fsp3) is 0.462. The standard InChI is InChI=1S/C13H17N3O4/c14-12(18)9-3-1-6-16(7-9)11(17)8-15-5-2-4-10(15)13(19)20/h2,4-5,9H,1,3,6-8H2,(H2,14,18)(H,19,20). The first-order valence-corrected chi connectivity index (χ1v) is 6.44. The summed E-state index contributed by atoms with van der Waals surface area (Å²) in [4.78, 5) is 35.9. The van der Waals surface area contributed by atoms with E-state index in [0.717, 1.165) is 6.42 Å². The highest BCUT2D eigenvalue weighted by atomic mass is 16.4. The maximum atomic E-state index is 12.2. The highest BCUT2D eigenvalue weighted by Gasteiger charge is 2.27. The molecule has 1 atom stereocenters. The molecule has 2 rings (SSSR count). The SMILES string of the molecule is NC(=O)C1CCCN(C(=O)Cn2cccc2C(=O)O)C1. The second-order valence-electron chi connectivity index (χ2n) is 4.91. The van der Waals surface area contributed by atoms with Crippen LogP contribution in [0.2, 0.25) is 0 Å². The van der Waals surface area contributed by atoms with Crippen LogP contribution in [0.25, 0.3) is 0 Å². The van der Waals surface area contributed by atoms with Crippen molar-refractivity contribution in [3.8, 4) is 0 Å². The van der Waals surface area contributed by atoms with Crippen LogP contribution in [0.15, 0.2) is 18.3 Å². The number of amides is 2. The number of nitrogens with zero attached hydrogens (tertiary/aromatic N) is 2. The van der Waals surface area contributed by atoms with Crippen molar-refractivity contribution in [3.05, 3.63) is 24.0 Å². The summed E-state index contributed by atoms with van der Waals surface area (Å²) in [5.74, 6) is -1.97. The Hall–Kier alpha value is -2.31. The maximum absolute atomic E-state index is 12.2. The molecule has 108 valence electrons. The number of likely N-dealkylation sites (tertiary alicyclic amines) is 1. The largest absolute Gasteiger partial charge is 0.477 e. The van der Waals surface area contributed by atoms with Crippen LogP contribution in [-0.2, 0) is 16.1 Å². The van der Waals surface area contributed by atoms with E-state index in [-0.39, 0.29) is 24.1 Å². The van der Waals surface area contributed by atoms with Gasteiger partial charge in [0.1, 0.15) is 12.2 Å². The number of nitrogens with two attached hydrogens (primary N) is 1. The monoisotopic (exact) mass is 279 g/mol. The minimum Gasteiger partial charge on any atom is -0.477 e. The molecule has 0 bridgehead atoms. The first kappa shape index (κ1) is 14.1. The average Bonchev–Trinajstić information content (AvgIpc) is 2.87. The summed E-state index contributed by atoms with van der Waals surface area (Å²) in [5, 5.41) is 8.99. The molecule has 1 fully saturated rings. The molecule has 1 aromatic rings. The number of primary amides is 1. The molecule has 0 radical (unpaired) electrons. The van der Waals surface area contributed by atoms with Gasteiger partial charge >= 0.3 is 5.97 Å². The van der Waals surface area contributed by atoms with E-state index in [4.69, 9.17) is 10.8 Å². The summed E-state index contributed by atoms with van der Waals surface area (Å²) in [5.41, 5.74) is 5.34. The normalized spacial score (nSPS) is 18.8. The molecule has 7 heteroatoms. The molecule has 7 nitrogen and oxygen atoms in total. The van der Waals surface area contributed by atoms with Gasteiger partial charge in [-0.05, 0) is 25.0 Å². The molecule has 1 unspecified atom stereocenters. The van der Waals surface area contributed by atoms with Crippen LogP contribution in [0.5, 0.6) is 0 Å². The fourth-order valence-corrected chi connectivity index (χ4v) is 2.43. The Labute approximate surface area is 116 Å². The molecule has 1 saturated heterocycles. The molecule has 1 aliphatic rings. The predicted molar refractivity (Wildman–Crippen MR) is 69.9 cm³/mol. The average molecular weight is 279 g/mol. The number of carboxylic acid groups (broad SMARTS) is 1. The van der Waals surface area contributed by atoms with E-state index in [9.17, 15) is 14.4 Å². The van der Waals surface area contributed by atoms with Crippen LogP contribution in [0, 0.1) is 5.92 Å². The Morgan fingerprint density at radius 2 is 2.15 bits per heavy atom. The van der Waals surface area contributed by atoms with E-state index >= 15 is 0 Å². The molecule has 20 heavy (non-hydrogen) atoms. The van der Waals surface area contributed by atoms with Gasteiger partial charge in [-0.2, -0.15) is 0 Å². The second kappa shape index (κ2) is 5.77. The number of hydrogen-bond acceptors (Lipinski definition) is 3. The van der Waals surface area contributed by atoms with Gasteiger partial charge < -0.3 is 20.3 Å². The quantitative estimate of drug-likeness (QED) is 0.803. The summed E-state index contributed by atoms with van der Waals surface area (Å²) < 4.78 is 1.39. The van der Waals surface area contributed by atoms with Crippen molar-refractivity contribution in [1.29, 1.82) is 0 Å². The van der Waals surface area contributed by atoms with Crippen molar-refractivity contribution in [2.24, 2.45) is 11.7 Å². The number of carbonyl (C=O) groups is 3. The van der Waals surface area contributed by atoms with Crippen molar-refractivity contribution < 1.29 is 19.5 Å². The van der Waals surface area contributed by atoms with E-state index in [1.807, 2.05) is 0 Å². The van der Waals surface area contributed by atoms with Gasteiger partial charge in [-0.15, -0.1) is 0 Å². The lowest BCUT2D eigenvalue weighted by Crippen LogP contribution is -2.45. The Bertz CT molecular complexity index is 537. The van der Waals surface area contributed by atoms with Gasteiger partial charge in [0.05, 0.1) is 5.92 Å². The van der Waals surface area contributed by atoms with Gasteiger partial charge in [-0.25, -0.2) is 4.79 Å². The number of rotatable bonds is 4. The molecule has 1 aromatic heterocycles. The first-order valence-electron chi connectivity index (χ1n) is 6.44. The molecule has 1 aliphatic heterocycles. The van der Waals surface area contributed by atoms with Crippen molar-refractivity contribution >= 4 is 17.8 Å². The number of piperidine rings is 1. The smallest absolute Gasteiger partial charge is 0.352 e. The fourth-order valence-electron chi connectivity index (χ4n) is 2.43. The molecule has 0 aliphatic carbocycles. The molecule has 0 saturated carbocycles. The topological polar surface area (TPSA) is 106 Å². The van der Waals surface area contributed by atoms with E-state index in [2.05, 4.69) is 0 Å². The third kappa shape index (κ3) is 2.98. The van der Waals surface area contributed by atoms with Gasteiger partial charge in [0.2, 0.25) is 11.8 Å². The van der Waals surface area contributed by atoms with Crippen LogP contribution in [0.4, 0.5) is 0 Å². The number of aromatic nitrogens is 1. The van der Waals surface area contributed by atoms with Crippen LogP contribution in [0.1, 0.15) is 23.3 Å². The summed E-state index contributed by atoms with van der Waals surface area (Å²) >= 11 is 0. The molecule has 3 N–H and O–H groups in total. The Morgan fingerprint density at radius 1 is 1.40 bits per heavy atom. The van der Waals surface area contributed by atoms with Gasteiger partial charge in [0, 0.05) is 19.3 Å². The van der Waals surface area contributed by atoms with Gasteiger partial charge in [0.25, 0.3) is 0 Å². The third-order valence-corrected chi connectivity index (χ3v) is 3.53. The van der Waals surface area contributed by atoms with E-state index in [0.29, 0.717) is 19.5 Å². The third-order valence-electron chi connectivity index (χ3n) is 3.53. The zero-order chi connectivity index (χ0) is 14.7. The summed E-state index contributed by atoms with van der Waals surface area (Å²) in [6.45, 7) is 0.851. The molecule has 2 heterocycles. The van der Waals surface area contributed by atoms with E-state index in [1.165, 1.54) is 10.6 Å². The Balaban J connectivity index is 2.02. The lowest BCUT2D eigenvalue weighted by molar-refractivity contribution is -0.135. The molecular formula is C13H17N3O4. The number of hydrogen-bond donors (Lipinski definition) is 2. The molecule has 2 amide bonds. The van der Waals surface area contributed by atoms with Gasteiger partial charge in [0.15, 0.2) is 0 Å². The summed E-state index contributed by atoms with van der Waals surface area (Å²) in [6, 6.07) is 3.02. The number of aromatic carboxylic acids is 1. The maximum Gasteiger partial charge on any atom is 0.352 e.